The molecule has 20 heavy (non-hydrogen) atoms. The molecule has 1 amide bonds. The highest BCUT2D eigenvalue weighted by molar-refractivity contribution is 6.08. The largest absolute Gasteiger partial charge is 0.504 e. The molecule has 0 unspecified atom stereocenters. The number of benzene rings is 1. The second kappa shape index (κ2) is 5.31. The predicted octanol–water partition coefficient (Wildman–Crippen LogP) is 1.07. The normalized spacial score (nSPS) is 10.1. The van der Waals surface area contributed by atoms with Gasteiger partial charge in [0.15, 0.2) is 22.9 Å². The van der Waals surface area contributed by atoms with Gasteiger partial charge in [-0.05, 0) is 12.1 Å². The highest BCUT2D eigenvalue weighted by Crippen LogP contribution is 2.28. The van der Waals surface area contributed by atoms with Crippen molar-refractivity contribution >= 4 is 17.6 Å². The molecule has 0 spiro atoms. The smallest absolute Gasteiger partial charge is 0.354 e. The average molecular weight is 277 g/mol. The zero-order valence-electron chi connectivity index (χ0n) is 10.4. The van der Waals surface area contributed by atoms with Crippen molar-refractivity contribution in [2.45, 2.75) is 0 Å². The molecule has 0 aliphatic rings. The van der Waals surface area contributed by atoms with E-state index in [2.05, 4.69) is 15.3 Å². The average Bonchev–Trinajstić information content (AvgIpc) is 2.88. The number of rotatable bonds is 4. The minimum Gasteiger partial charge on any atom is -0.504 e. The number of H-pyrrole nitrogens is 1. The van der Waals surface area contributed by atoms with E-state index in [4.69, 9.17) is 9.84 Å². The Labute approximate surface area is 113 Å². The lowest BCUT2D eigenvalue weighted by Gasteiger charge is -2.07. The number of aromatic amines is 1. The first-order valence-corrected chi connectivity index (χ1v) is 5.48. The predicted molar refractivity (Wildman–Crippen MR) is 68.2 cm³/mol. The molecule has 8 heteroatoms. The van der Waals surface area contributed by atoms with E-state index in [9.17, 15) is 14.7 Å². The third-order valence-corrected chi connectivity index (χ3v) is 2.51. The SMILES string of the molecule is COc1ccc(NC(=O)c2nc[nH]c2C(=O)O)cc1O. The van der Waals surface area contributed by atoms with Crippen LogP contribution in [0.3, 0.4) is 0 Å². The monoisotopic (exact) mass is 277 g/mol. The number of hydrogen-bond donors (Lipinski definition) is 4. The van der Waals surface area contributed by atoms with Gasteiger partial charge in [0.1, 0.15) is 0 Å². The molecule has 0 fully saturated rings. The Morgan fingerprint density at radius 1 is 1.40 bits per heavy atom. The lowest BCUT2D eigenvalue weighted by molar-refractivity contribution is 0.0686. The number of phenolic OH excluding ortho intramolecular Hbond substituents is 1. The number of carbonyl (C=O) groups excluding carboxylic acids is 1. The van der Waals surface area contributed by atoms with Crippen LogP contribution in [0.25, 0.3) is 0 Å². The minimum atomic E-state index is -1.29. The molecular formula is C12H11N3O5. The number of anilines is 1. The van der Waals surface area contributed by atoms with Gasteiger partial charge in [-0.2, -0.15) is 0 Å². The first-order chi connectivity index (χ1) is 9.52. The summed E-state index contributed by atoms with van der Waals surface area (Å²) in [5.41, 5.74) is -0.263. The molecule has 0 bridgehead atoms. The van der Waals surface area contributed by atoms with Gasteiger partial charge in [0.05, 0.1) is 13.4 Å². The standard InChI is InChI=1S/C12H11N3O5/c1-20-8-3-2-6(4-7(8)16)15-11(17)9-10(12(18)19)14-5-13-9/h2-5,16H,1H3,(H,13,14)(H,15,17)(H,18,19). The molecule has 2 rings (SSSR count). The van der Waals surface area contributed by atoms with Crippen LogP contribution >= 0.6 is 0 Å². The van der Waals surface area contributed by atoms with Crippen LogP contribution in [0.2, 0.25) is 0 Å². The number of amides is 1. The maximum absolute atomic E-state index is 11.9. The third-order valence-electron chi connectivity index (χ3n) is 2.51. The van der Waals surface area contributed by atoms with Crippen LogP contribution in [0.15, 0.2) is 24.5 Å². The van der Waals surface area contributed by atoms with Gasteiger partial charge in [-0.15, -0.1) is 0 Å². The van der Waals surface area contributed by atoms with Crippen LogP contribution in [0.5, 0.6) is 11.5 Å². The van der Waals surface area contributed by atoms with Crippen LogP contribution in [0, 0.1) is 0 Å². The molecule has 0 saturated heterocycles. The van der Waals surface area contributed by atoms with Gasteiger partial charge in [-0.3, -0.25) is 4.79 Å². The Balaban J connectivity index is 2.21. The molecule has 0 radical (unpaired) electrons. The van der Waals surface area contributed by atoms with Crippen LogP contribution in [-0.4, -0.2) is 39.2 Å². The van der Waals surface area contributed by atoms with Crippen molar-refractivity contribution in [3.05, 3.63) is 35.9 Å². The Bertz CT molecular complexity index is 665. The lowest BCUT2D eigenvalue weighted by atomic mass is 10.2. The van der Waals surface area contributed by atoms with Crippen molar-refractivity contribution in [1.82, 2.24) is 9.97 Å². The number of carboxylic acids is 1. The summed E-state index contributed by atoms with van der Waals surface area (Å²) in [4.78, 5) is 28.8. The maximum atomic E-state index is 11.9. The summed E-state index contributed by atoms with van der Waals surface area (Å²) < 4.78 is 4.87. The van der Waals surface area contributed by atoms with Gasteiger partial charge >= 0.3 is 5.97 Å². The number of ether oxygens (including phenoxy) is 1. The number of carboxylic acid groups (broad SMARTS) is 1. The Hall–Kier alpha value is -3.03. The summed E-state index contributed by atoms with van der Waals surface area (Å²) in [5, 5.41) is 20.9. The van der Waals surface area contributed by atoms with Gasteiger partial charge < -0.3 is 25.3 Å². The van der Waals surface area contributed by atoms with E-state index in [1.165, 1.54) is 25.3 Å². The highest BCUT2D eigenvalue weighted by Gasteiger charge is 2.19. The van der Waals surface area contributed by atoms with E-state index in [-0.39, 0.29) is 28.6 Å². The quantitative estimate of drug-likeness (QED) is 0.662. The number of imidazole rings is 1. The van der Waals surface area contributed by atoms with E-state index >= 15 is 0 Å². The van der Waals surface area contributed by atoms with Gasteiger partial charge in [0.25, 0.3) is 5.91 Å². The molecular weight excluding hydrogens is 266 g/mol. The van der Waals surface area contributed by atoms with E-state index in [0.717, 1.165) is 6.33 Å². The fraction of sp³-hybridized carbons (Fsp3) is 0.0833. The number of nitrogens with one attached hydrogen (secondary N) is 2. The minimum absolute atomic E-state index is 0.147. The summed E-state index contributed by atoms with van der Waals surface area (Å²) in [7, 11) is 1.40. The summed E-state index contributed by atoms with van der Waals surface area (Å²) in [6.45, 7) is 0. The first kappa shape index (κ1) is 13.4. The summed E-state index contributed by atoms with van der Waals surface area (Å²) >= 11 is 0. The third kappa shape index (κ3) is 2.53. The molecule has 2 aromatic rings. The Morgan fingerprint density at radius 3 is 2.75 bits per heavy atom. The number of aromatic nitrogens is 2. The molecule has 0 saturated carbocycles. The number of hydrogen-bond acceptors (Lipinski definition) is 5. The molecule has 0 aliphatic carbocycles. The van der Waals surface area contributed by atoms with Crippen LogP contribution in [0.4, 0.5) is 5.69 Å². The van der Waals surface area contributed by atoms with Gasteiger partial charge in [0.2, 0.25) is 0 Å². The fourth-order valence-electron chi connectivity index (χ4n) is 1.59. The van der Waals surface area contributed by atoms with Crippen molar-refractivity contribution in [3.8, 4) is 11.5 Å². The van der Waals surface area contributed by atoms with Gasteiger partial charge in [-0.1, -0.05) is 0 Å². The van der Waals surface area contributed by atoms with E-state index < -0.39 is 11.9 Å². The van der Waals surface area contributed by atoms with Gasteiger partial charge in [0, 0.05) is 11.8 Å². The van der Waals surface area contributed by atoms with Crippen molar-refractivity contribution in [3.63, 3.8) is 0 Å². The number of methoxy groups -OCH3 is 1. The molecule has 4 N–H and O–H groups in total. The maximum Gasteiger partial charge on any atom is 0.354 e. The molecule has 1 aromatic carbocycles. The molecule has 0 aliphatic heterocycles. The molecule has 1 aromatic heterocycles. The summed E-state index contributed by atoms with van der Waals surface area (Å²) in [6.07, 6.45) is 1.11. The van der Waals surface area contributed by atoms with Crippen molar-refractivity contribution in [2.75, 3.05) is 12.4 Å². The number of aromatic hydroxyl groups is 1. The Kier molecular flexibility index (Phi) is 3.56. The van der Waals surface area contributed by atoms with E-state index in [1.54, 1.807) is 0 Å². The molecule has 104 valence electrons. The number of phenols is 1. The number of nitrogens with zero attached hydrogens (tertiary/aromatic N) is 1. The summed E-state index contributed by atoms with van der Waals surface area (Å²) in [5.74, 6) is -1.88. The second-order valence-corrected chi connectivity index (χ2v) is 3.77. The van der Waals surface area contributed by atoms with Crippen molar-refractivity contribution in [1.29, 1.82) is 0 Å². The first-order valence-electron chi connectivity index (χ1n) is 5.48. The second-order valence-electron chi connectivity index (χ2n) is 3.77. The van der Waals surface area contributed by atoms with Crippen LogP contribution < -0.4 is 10.1 Å². The molecule has 8 nitrogen and oxygen atoms in total. The van der Waals surface area contributed by atoms with Gasteiger partial charge in [-0.25, -0.2) is 9.78 Å². The van der Waals surface area contributed by atoms with E-state index in [0.29, 0.717) is 0 Å². The zero-order valence-corrected chi connectivity index (χ0v) is 10.4. The summed E-state index contributed by atoms with van der Waals surface area (Å²) in [6, 6.07) is 4.25. The van der Waals surface area contributed by atoms with Crippen LogP contribution in [-0.2, 0) is 0 Å². The van der Waals surface area contributed by atoms with Crippen LogP contribution in [0.1, 0.15) is 21.0 Å². The fourth-order valence-corrected chi connectivity index (χ4v) is 1.59. The van der Waals surface area contributed by atoms with Crippen molar-refractivity contribution < 1.29 is 24.5 Å². The zero-order chi connectivity index (χ0) is 14.7. The molecule has 0 atom stereocenters. The van der Waals surface area contributed by atoms with E-state index in [1.807, 2.05) is 0 Å². The topological polar surface area (TPSA) is 125 Å². The molecule has 1 heterocycles. The highest BCUT2D eigenvalue weighted by atomic mass is 16.5. The number of aromatic carboxylic acids is 1. The Morgan fingerprint density at radius 2 is 2.15 bits per heavy atom. The lowest BCUT2D eigenvalue weighted by Crippen LogP contribution is -2.16. The van der Waals surface area contributed by atoms with Crippen molar-refractivity contribution in [2.24, 2.45) is 0 Å². The number of carbonyl (C=O) groups is 2.